The van der Waals surface area contributed by atoms with E-state index in [1.807, 2.05) is 6.07 Å². The molecule has 2 aliphatic heterocycles. The van der Waals surface area contributed by atoms with Gasteiger partial charge >= 0.3 is 5.97 Å². The number of β-lactam (4-membered cyclic amide) rings is 1. The Morgan fingerprint density at radius 1 is 1.33 bits per heavy atom. The number of carbonyl (C=O) groups excluding carboxylic acids is 4. The number of rotatable bonds is 6. The molecule has 1 N–H and O–H groups in total. The first kappa shape index (κ1) is 19.0. The third kappa shape index (κ3) is 3.70. The summed E-state index contributed by atoms with van der Waals surface area (Å²) in [6.45, 7) is 3.39. The van der Waals surface area contributed by atoms with Gasteiger partial charge in [-0.15, -0.1) is 11.8 Å². The zero-order valence-electron chi connectivity index (χ0n) is 14.7. The molecule has 27 heavy (non-hydrogen) atoms. The second kappa shape index (κ2) is 7.46. The molecule has 0 spiro atoms. The molecular weight excluding hydrogens is 372 g/mol. The van der Waals surface area contributed by atoms with Crippen LogP contribution in [0.5, 0.6) is 5.75 Å². The highest BCUT2D eigenvalue weighted by molar-refractivity contribution is 8.01. The van der Waals surface area contributed by atoms with Crippen molar-refractivity contribution in [2.45, 2.75) is 36.1 Å². The first-order valence-electron chi connectivity index (χ1n) is 8.22. The van der Waals surface area contributed by atoms with Gasteiger partial charge in [-0.05, 0) is 26.0 Å². The SMILES string of the molecule is CC1(C)S[C@@H]2[C@H](NC(=O)COc3ccccc3)C(=O)N2[C@H]1C(=O)OC=C=O. The average Bonchev–Trinajstić information content (AvgIpc) is 2.91. The van der Waals surface area contributed by atoms with E-state index in [4.69, 9.17) is 9.47 Å². The molecule has 0 aromatic heterocycles. The topological polar surface area (TPSA) is 102 Å². The molecule has 8 nitrogen and oxygen atoms in total. The summed E-state index contributed by atoms with van der Waals surface area (Å²) in [7, 11) is 0. The van der Waals surface area contributed by atoms with Crippen LogP contribution in [-0.2, 0) is 23.9 Å². The summed E-state index contributed by atoms with van der Waals surface area (Å²) in [5.41, 5.74) is 0. The predicted octanol–water partition coefficient (Wildman–Crippen LogP) is 0.501. The Hall–Kier alpha value is -2.77. The van der Waals surface area contributed by atoms with Crippen LogP contribution in [0.4, 0.5) is 0 Å². The lowest BCUT2D eigenvalue weighted by Gasteiger charge is -2.43. The van der Waals surface area contributed by atoms with Crippen molar-refractivity contribution >= 4 is 35.5 Å². The van der Waals surface area contributed by atoms with Crippen LogP contribution in [0, 0.1) is 0 Å². The Morgan fingerprint density at radius 2 is 2.04 bits per heavy atom. The highest BCUT2D eigenvalue weighted by Crippen LogP contribution is 2.51. The quantitative estimate of drug-likeness (QED) is 0.327. The highest BCUT2D eigenvalue weighted by atomic mass is 32.2. The van der Waals surface area contributed by atoms with Gasteiger partial charge in [0.15, 0.2) is 18.8 Å². The van der Waals surface area contributed by atoms with Crippen molar-refractivity contribution < 1.29 is 28.7 Å². The van der Waals surface area contributed by atoms with Crippen molar-refractivity contribution in [3.63, 3.8) is 0 Å². The molecule has 0 bridgehead atoms. The van der Waals surface area contributed by atoms with Crippen LogP contribution >= 0.6 is 11.8 Å². The zero-order chi connectivity index (χ0) is 19.6. The molecule has 0 aliphatic carbocycles. The van der Waals surface area contributed by atoms with Crippen LogP contribution in [-0.4, -0.2) is 57.4 Å². The molecular formula is C18H18N2O6S. The summed E-state index contributed by atoms with van der Waals surface area (Å²) in [5.74, 6) is 0.418. The van der Waals surface area contributed by atoms with Gasteiger partial charge in [-0.25, -0.2) is 9.59 Å². The molecule has 0 radical (unpaired) electrons. The molecule has 1 aromatic carbocycles. The van der Waals surface area contributed by atoms with E-state index in [0.29, 0.717) is 12.0 Å². The minimum atomic E-state index is -0.849. The summed E-state index contributed by atoms with van der Waals surface area (Å²) >= 11 is 1.39. The molecule has 2 saturated heterocycles. The highest BCUT2D eigenvalue weighted by Gasteiger charge is 2.64. The van der Waals surface area contributed by atoms with Crippen LogP contribution < -0.4 is 10.1 Å². The van der Waals surface area contributed by atoms with E-state index in [2.05, 4.69) is 5.32 Å². The molecule has 2 fully saturated rings. The largest absolute Gasteiger partial charge is 0.484 e. The third-order valence-corrected chi connectivity index (χ3v) is 5.89. The maximum absolute atomic E-state index is 12.5. The lowest BCUT2D eigenvalue weighted by molar-refractivity contribution is -0.161. The van der Waals surface area contributed by atoms with Gasteiger partial charge in [0.2, 0.25) is 5.91 Å². The van der Waals surface area contributed by atoms with Crippen molar-refractivity contribution in [3.8, 4) is 5.75 Å². The van der Waals surface area contributed by atoms with Crippen molar-refractivity contribution in [3.05, 3.63) is 36.6 Å². The molecule has 2 amide bonds. The second-order valence-electron chi connectivity index (χ2n) is 6.58. The van der Waals surface area contributed by atoms with Gasteiger partial charge in [0, 0.05) is 4.75 Å². The summed E-state index contributed by atoms with van der Waals surface area (Å²) in [4.78, 5) is 48.4. The number of ether oxygens (including phenoxy) is 2. The lowest BCUT2D eigenvalue weighted by atomic mass is 9.96. The number of carbonyl (C=O) groups is 3. The number of hydrogen-bond donors (Lipinski definition) is 1. The number of benzene rings is 1. The van der Waals surface area contributed by atoms with E-state index >= 15 is 0 Å². The summed E-state index contributed by atoms with van der Waals surface area (Å²) in [5, 5.41) is 2.27. The Morgan fingerprint density at radius 3 is 2.70 bits per heavy atom. The molecule has 9 heteroatoms. The number of nitrogens with zero attached hydrogens (tertiary/aromatic N) is 1. The number of para-hydroxylation sites is 1. The van der Waals surface area contributed by atoms with E-state index < -0.39 is 28.7 Å². The molecule has 0 saturated carbocycles. The van der Waals surface area contributed by atoms with Gasteiger partial charge < -0.3 is 19.7 Å². The monoisotopic (exact) mass is 390 g/mol. The number of thioether (sulfide) groups is 1. The second-order valence-corrected chi connectivity index (χ2v) is 8.35. The molecule has 3 atom stereocenters. The van der Waals surface area contributed by atoms with E-state index in [-0.39, 0.29) is 17.9 Å². The summed E-state index contributed by atoms with van der Waals surface area (Å²) in [6, 6.07) is 7.28. The van der Waals surface area contributed by atoms with Gasteiger partial charge in [0.05, 0.1) is 0 Å². The molecule has 1 aromatic rings. The Kier molecular flexibility index (Phi) is 5.25. The van der Waals surface area contributed by atoms with Crippen molar-refractivity contribution in [1.29, 1.82) is 0 Å². The first-order valence-corrected chi connectivity index (χ1v) is 9.10. The van der Waals surface area contributed by atoms with Crippen LogP contribution in [0.2, 0.25) is 0 Å². The third-order valence-electron chi connectivity index (χ3n) is 4.32. The fraction of sp³-hybridized carbons (Fsp3) is 0.389. The van der Waals surface area contributed by atoms with Gasteiger partial charge in [-0.3, -0.25) is 9.59 Å². The van der Waals surface area contributed by atoms with E-state index in [1.54, 1.807) is 38.1 Å². The molecule has 0 unspecified atom stereocenters. The molecule has 3 rings (SSSR count). The average molecular weight is 390 g/mol. The number of hydrogen-bond acceptors (Lipinski definition) is 7. The Balaban J connectivity index is 1.60. The van der Waals surface area contributed by atoms with Gasteiger partial charge in [0.25, 0.3) is 5.91 Å². The van der Waals surface area contributed by atoms with Gasteiger partial charge in [0.1, 0.15) is 23.2 Å². The van der Waals surface area contributed by atoms with Gasteiger partial charge in [-0.1, -0.05) is 18.2 Å². The standard InChI is InChI=1S/C18H18N2O6S/c1-18(2)14(17(24)25-9-8-21)20-15(23)13(16(20)27-18)19-12(22)10-26-11-6-4-3-5-7-11/h3-7,9,13-14,16H,10H2,1-2H3,(H,19,22)/t13-,14+,16-/m1/s1. The fourth-order valence-corrected chi connectivity index (χ4v) is 4.77. The maximum atomic E-state index is 12.5. The van der Waals surface area contributed by atoms with Gasteiger partial charge in [-0.2, -0.15) is 0 Å². The van der Waals surface area contributed by atoms with Crippen LogP contribution in [0.25, 0.3) is 0 Å². The molecule has 2 aliphatic rings. The Bertz CT molecular complexity index is 805. The molecule has 2 heterocycles. The maximum Gasteiger partial charge on any atom is 0.335 e. The van der Waals surface area contributed by atoms with Crippen molar-refractivity contribution in [1.82, 2.24) is 10.2 Å². The number of nitrogens with one attached hydrogen (secondary N) is 1. The van der Waals surface area contributed by atoms with Crippen molar-refractivity contribution in [2.24, 2.45) is 0 Å². The fourth-order valence-electron chi connectivity index (χ4n) is 3.15. The number of amides is 2. The minimum absolute atomic E-state index is 0.218. The molecule has 142 valence electrons. The van der Waals surface area contributed by atoms with E-state index in [0.717, 1.165) is 0 Å². The number of fused-ring (bicyclic) bond motifs is 1. The van der Waals surface area contributed by atoms with Crippen LogP contribution in [0.15, 0.2) is 36.6 Å². The predicted molar refractivity (Wildman–Crippen MR) is 96.3 cm³/mol. The lowest BCUT2D eigenvalue weighted by Crippen LogP contribution is -2.71. The van der Waals surface area contributed by atoms with Crippen LogP contribution in [0.3, 0.4) is 0 Å². The normalized spacial score (nSPS) is 24.9. The van der Waals surface area contributed by atoms with Crippen LogP contribution in [0.1, 0.15) is 13.8 Å². The summed E-state index contributed by atoms with van der Waals surface area (Å²) in [6.07, 6.45) is 0.626. The van der Waals surface area contributed by atoms with E-state index in [1.165, 1.54) is 22.6 Å². The summed E-state index contributed by atoms with van der Waals surface area (Å²) < 4.78 is 9.45. The first-order chi connectivity index (χ1) is 12.8. The zero-order valence-corrected chi connectivity index (χ0v) is 15.5. The Labute approximate surface area is 159 Å². The van der Waals surface area contributed by atoms with Crippen molar-refractivity contribution in [2.75, 3.05) is 6.61 Å². The smallest absolute Gasteiger partial charge is 0.335 e. The minimum Gasteiger partial charge on any atom is -0.484 e. The number of esters is 1. The van der Waals surface area contributed by atoms with E-state index in [9.17, 15) is 19.2 Å².